The average molecular weight is 358 g/mol. The van der Waals surface area contributed by atoms with Crippen molar-refractivity contribution in [3.63, 3.8) is 0 Å². The summed E-state index contributed by atoms with van der Waals surface area (Å²) in [7, 11) is 0. The molecule has 130 valence electrons. The summed E-state index contributed by atoms with van der Waals surface area (Å²) in [5.74, 6) is -0.249. The number of carbonyl (C=O) groups is 2. The lowest BCUT2D eigenvalue weighted by Crippen LogP contribution is -2.45. The maximum Gasteiger partial charge on any atom is 0.253 e. The molecule has 0 spiro atoms. The fourth-order valence-electron chi connectivity index (χ4n) is 2.99. The minimum absolute atomic E-state index is 0.0162. The first kappa shape index (κ1) is 17.4. The molecule has 3 rings (SSSR count). The number of rotatable bonds is 4. The Morgan fingerprint density at radius 3 is 2.76 bits per heavy atom. The van der Waals surface area contributed by atoms with Gasteiger partial charge in [0.05, 0.1) is 5.92 Å². The highest BCUT2D eigenvalue weighted by Gasteiger charge is 2.28. The third-order valence-corrected chi connectivity index (χ3v) is 4.61. The van der Waals surface area contributed by atoms with E-state index in [4.69, 9.17) is 11.6 Å². The number of nitrogens with zero attached hydrogens (tertiary/aromatic N) is 2. The predicted molar refractivity (Wildman–Crippen MR) is 96.2 cm³/mol. The van der Waals surface area contributed by atoms with Crippen LogP contribution in [0.2, 0.25) is 5.02 Å². The van der Waals surface area contributed by atoms with Crippen LogP contribution in [0.15, 0.2) is 48.8 Å². The van der Waals surface area contributed by atoms with Crippen LogP contribution >= 0.6 is 11.6 Å². The fourth-order valence-corrected chi connectivity index (χ4v) is 3.11. The molecule has 1 aliphatic heterocycles. The fraction of sp³-hybridized carbons (Fsp3) is 0.316. The van der Waals surface area contributed by atoms with Crippen molar-refractivity contribution in [2.24, 2.45) is 5.92 Å². The van der Waals surface area contributed by atoms with Gasteiger partial charge in [0.1, 0.15) is 0 Å². The molecule has 1 unspecified atom stereocenters. The standard InChI is InChI=1S/C19H20ClN3O2/c20-17-7-5-15(6-8-17)19(25)23-10-2-4-16(13-23)18(24)22-12-14-3-1-9-21-11-14/h1,3,5-9,11,16H,2,4,10,12-13H2,(H,22,24). The lowest BCUT2D eigenvalue weighted by Gasteiger charge is -2.32. The number of halogens is 1. The highest BCUT2D eigenvalue weighted by Crippen LogP contribution is 2.20. The first-order valence-electron chi connectivity index (χ1n) is 8.35. The van der Waals surface area contributed by atoms with E-state index in [1.54, 1.807) is 41.6 Å². The Bertz CT molecular complexity index is 734. The van der Waals surface area contributed by atoms with Crippen LogP contribution in [0, 0.1) is 5.92 Å². The lowest BCUT2D eigenvalue weighted by molar-refractivity contribution is -0.126. The topological polar surface area (TPSA) is 62.3 Å². The third-order valence-electron chi connectivity index (χ3n) is 4.36. The normalized spacial score (nSPS) is 17.2. The summed E-state index contributed by atoms with van der Waals surface area (Å²) in [6.45, 7) is 1.57. The smallest absolute Gasteiger partial charge is 0.253 e. The molecule has 0 radical (unpaired) electrons. The number of piperidine rings is 1. The van der Waals surface area contributed by atoms with Gasteiger partial charge in [0.25, 0.3) is 5.91 Å². The van der Waals surface area contributed by atoms with Gasteiger partial charge >= 0.3 is 0 Å². The number of likely N-dealkylation sites (tertiary alicyclic amines) is 1. The molecule has 25 heavy (non-hydrogen) atoms. The summed E-state index contributed by atoms with van der Waals surface area (Å²) < 4.78 is 0. The Morgan fingerprint density at radius 1 is 1.24 bits per heavy atom. The van der Waals surface area contributed by atoms with Crippen LogP contribution in [-0.2, 0) is 11.3 Å². The first-order valence-corrected chi connectivity index (χ1v) is 8.73. The van der Waals surface area contributed by atoms with E-state index in [2.05, 4.69) is 10.3 Å². The molecule has 5 nitrogen and oxygen atoms in total. The van der Waals surface area contributed by atoms with Gasteiger partial charge in [-0.25, -0.2) is 0 Å². The van der Waals surface area contributed by atoms with Gasteiger partial charge in [0.2, 0.25) is 5.91 Å². The van der Waals surface area contributed by atoms with E-state index in [1.165, 1.54) is 0 Å². The largest absolute Gasteiger partial charge is 0.352 e. The SMILES string of the molecule is O=C(NCc1cccnc1)C1CCCN(C(=O)c2ccc(Cl)cc2)C1. The molecule has 1 aliphatic rings. The van der Waals surface area contributed by atoms with Crippen molar-refractivity contribution in [2.75, 3.05) is 13.1 Å². The number of aromatic nitrogens is 1. The summed E-state index contributed by atoms with van der Waals surface area (Å²) in [6, 6.07) is 10.6. The van der Waals surface area contributed by atoms with Gasteiger partial charge in [0, 0.05) is 42.6 Å². The Hall–Kier alpha value is -2.40. The summed E-state index contributed by atoms with van der Waals surface area (Å²) >= 11 is 5.87. The van der Waals surface area contributed by atoms with Crippen molar-refractivity contribution in [3.8, 4) is 0 Å². The van der Waals surface area contributed by atoms with Gasteiger partial charge in [-0.15, -0.1) is 0 Å². The number of hydrogen-bond donors (Lipinski definition) is 1. The van der Waals surface area contributed by atoms with Crippen molar-refractivity contribution in [1.82, 2.24) is 15.2 Å². The van der Waals surface area contributed by atoms with Gasteiger partial charge in [-0.2, -0.15) is 0 Å². The van der Waals surface area contributed by atoms with E-state index in [9.17, 15) is 9.59 Å². The molecule has 2 aromatic rings. The zero-order valence-corrected chi connectivity index (χ0v) is 14.6. The van der Waals surface area contributed by atoms with Crippen molar-refractivity contribution in [1.29, 1.82) is 0 Å². The molecule has 0 saturated carbocycles. The molecular formula is C19H20ClN3O2. The van der Waals surface area contributed by atoms with Gasteiger partial charge in [-0.05, 0) is 48.7 Å². The third kappa shape index (κ3) is 4.57. The van der Waals surface area contributed by atoms with Crippen molar-refractivity contribution in [2.45, 2.75) is 19.4 Å². The molecule has 2 amide bonds. The zero-order chi connectivity index (χ0) is 17.6. The first-order chi connectivity index (χ1) is 12.1. The zero-order valence-electron chi connectivity index (χ0n) is 13.8. The number of amides is 2. The molecule has 6 heteroatoms. The maximum atomic E-state index is 12.6. The van der Waals surface area contributed by atoms with Crippen molar-refractivity contribution in [3.05, 3.63) is 64.9 Å². The second-order valence-corrected chi connectivity index (χ2v) is 6.61. The summed E-state index contributed by atoms with van der Waals surface area (Å²) in [6.07, 6.45) is 5.05. The molecule has 1 saturated heterocycles. The van der Waals surface area contributed by atoms with Crippen LogP contribution < -0.4 is 5.32 Å². The molecule has 2 heterocycles. The average Bonchev–Trinajstić information content (AvgIpc) is 2.67. The van der Waals surface area contributed by atoms with Crippen molar-refractivity contribution < 1.29 is 9.59 Å². The summed E-state index contributed by atoms with van der Waals surface area (Å²) in [5, 5.41) is 3.54. The number of benzene rings is 1. The van der Waals surface area contributed by atoms with Crippen LogP contribution in [0.3, 0.4) is 0 Å². The van der Waals surface area contributed by atoms with Crippen molar-refractivity contribution >= 4 is 23.4 Å². The molecule has 1 aromatic heterocycles. The number of pyridine rings is 1. The highest BCUT2D eigenvalue weighted by atomic mass is 35.5. The molecular weight excluding hydrogens is 338 g/mol. The maximum absolute atomic E-state index is 12.6. The number of carbonyl (C=O) groups excluding carboxylic acids is 2. The van der Waals surface area contributed by atoms with Gasteiger partial charge in [-0.3, -0.25) is 14.6 Å². The van der Waals surface area contributed by atoms with Crippen LogP contribution in [0.1, 0.15) is 28.8 Å². The van der Waals surface area contributed by atoms with E-state index >= 15 is 0 Å². The summed E-state index contributed by atoms with van der Waals surface area (Å²) in [5.41, 5.74) is 1.56. The Morgan fingerprint density at radius 2 is 2.04 bits per heavy atom. The van der Waals surface area contributed by atoms with Gasteiger partial charge < -0.3 is 10.2 Å². The quantitative estimate of drug-likeness (QED) is 0.915. The van der Waals surface area contributed by atoms with Crippen LogP contribution in [0.25, 0.3) is 0 Å². The second kappa shape index (κ2) is 8.12. The van der Waals surface area contributed by atoms with E-state index < -0.39 is 0 Å². The molecule has 1 aromatic carbocycles. The molecule has 1 atom stereocenters. The Kier molecular flexibility index (Phi) is 5.66. The van der Waals surface area contributed by atoms with E-state index in [1.807, 2.05) is 12.1 Å². The molecule has 1 fully saturated rings. The number of nitrogens with one attached hydrogen (secondary N) is 1. The van der Waals surface area contributed by atoms with E-state index in [-0.39, 0.29) is 17.7 Å². The van der Waals surface area contributed by atoms with E-state index in [0.29, 0.717) is 30.2 Å². The van der Waals surface area contributed by atoms with Crippen LogP contribution in [-0.4, -0.2) is 34.8 Å². The minimum atomic E-state index is -0.179. The van der Waals surface area contributed by atoms with E-state index in [0.717, 1.165) is 18.4 Å². The minimum Gasteiger partial charge on any atom is -0.352 e. The predicted octanol–water partition coefficient (Wildman–Crippen LogP) is 2.90. The Balaban J connectivity index is 1.57. The number of hydrogen-bond acceptors (Lipinski definition) is 3. The second-order valence-electron chi connectivity index (χ2n) is 6.18. The summed E-state index contributed by atoms with van der Waals surface area (Å²) in [4.78, 5) is 30.8. The van der Waals surface area contributed by atoms with Gasteiger partial charge in [0.15, 0.2) is 0 Å². The molecule has 1 N–H and O–H groups in total. The highest BCUT2D eigenvalue weighted by molar-refractivity contribution is 6.30. The molecule has 0 bridgehead atoms. The molecule has 0 aliphatic carbocycles. The lowest BCUT2D eigenvalue weighted by atomic mass is 9.96. The van der Waals surface area contributed by atoms with Crippen LogP contribution in [0.4, 0.5) is 0 Å². The monoisotopic (exact) mass is 357 g/mol. The van der Waals surface area contributed by atoms with Gasteiger partial charge in [-0.1, -0.05) is 17.7 Å². The van der Waals surface area contributed by atoms with Crippen LogP contribution in [0.5, 0.6) is 0 Å². The Labute approximate surface area is 152 Å².